The lowest BCUT2D eigenvalue weighted by molar-refractivity contribution is 0.0793. The van der Waals surface area contributed by atoms with E-state index in [0.29, 0.717) is 11.4 Å². The lowest BCUT2D eigenvalue weighted by atomic mass is 10.2. The Morgan fingerprint density at radius 2 is 1.65 bits per heavy atom. The molecule has 5 heteroatoms. The summed E-state index contributed by atoms with van der Waals surface area (Å²) in [7, 11) is 0. The Morgan fingerprint density at radius 3 is 2.35 bits per heavy atom. The number of nitrogens with zero attached hydrogens (tertiary/aromatic N) is 4. The molecule has 0 unspecified atom stereocenters. The van der Waals surface area contributed by atoms with Crippen LogP contribution in [0, 0.1) is 0 Å². The van der Waals surface area contributed by atoms with Gasteiger partial charge in [-0.1, -0.05) is 18.2 Å². The molecule has 0 radical (unpaired) electrons. The summed E-state index contributed by atoms with van der Waals surface area (Å²) in [5, 5.41) is 4.65. The maximum absolute atomic E-state index is 12.9. The first-order valence-electron chi connectivity index (χ1n) is 7.90. The zero-order valence-corrected chi connectivity index (χ0v) is 12.8. The molecule has 1 aliphatic rings. The average molecular weight is 306 g/mol. The van der Waals surface area contributed by atoms with E-state index in [1.165, 1.54) is 0 Å². The molecule has 4 rings (SSSR count). The van der Waals surface area contributed by atoms with Crippen molar-refractivity contribution >= 4 is 5.91 Å². The van der Waals surface area contributed by atoms with Gasteiger partial charge in [-0.15, -0.1) is 5.10 Å². The Balaban J connectivity index is 1.79. The van der Waals surface area contributed by atoms with Gasteiger partial charge in [0.2, 0.25) is 0 Å². The number of aromatic nitrogens is 3. The van der Waals surface area contributed by atoms with Gasteiger partial charge in [0.1, 0.15) is 5.56 Å². The van der Waals surface area contributed by atoms with Gasteiger partial charge in [-0.2, -0.15) is 0 Å². The normalized spacial score (nSPS) is 14.3. The van der Waals surface area contributed by atoms with Crippen LogP contribution in [0.15, 0.2) is 61.1 Å². The quantitative estimate of drug-likeness (QED) is 0.747. The van der Waals surface area contributed by atoms with Crippen LogP contribution in [-0.4, -0.2) is 38.2 Å². The van der Waals surface area contributed by atoms with Gasteiger partial charge < -0.3 is 9.47 Å². The highest BCUT2D eigenvalue weighted by molar-refractivity contribution is 5.97. The molecule has 2 aromatic heterocycles. The first kappa shape index (κ1) is 13.8. The number of likely N-dealkylation sites (tertiary alicyclic amines) is 1. The molecule has 0 spiro atoms. The summed E-state index contributed by atoms with van der Waals surface area (Å²) < 4.78 is 3.67. The van der Waals surface area contributed by atoms with Gasteiger partial charge in [-0.05, 0) is 37.1 Å². The largest absolute Gasteiger partial charge is 0.338 e. The van der Waals surface area contributed by atoms with Crippen LogP contribution in [0.1, 0.15) is 23.2 Å². The minimum absolute atomic E-state index is 0.0633. The zero-order chi connectivity index (χ0) is 15.6. The third-order valence-corrected chi connectivity index (χ3v) is 4.19. The zero-order valence-electron chi connectivity index (χ0n) is 12.8. The van der Waals surface area contributed by atoms with Gasteiger partial charge in [0, 0.05) is 31.7 Å². The number of rotatable bonds is 3. The van der Waals surface area contributed by atoms with Gasteiger partial charge in [-0.3, -0.25) is 4.79 Å². The van der Waals surface area contributed by atoms with Crippen molar-refractivity contribution in [2.24, 2.45) is 0 Å². The molecule has 0 aliphatic carbocycles. The lowest BCUT2D eigenvalue weighted by Gasteiger charge is -2.14. The lowest BCUT2D eigenvalue weighted by Crippen LogP contribution is -2.28. The third-order valence-electron chi connectivity index (χ3n) is 4.19. The topological polar surface area (TPSA) is 43.1 Å². The molecule has 3 heterocycles. The molecule has 1 saturated heterocycles. The monoisotopic (exact) mass is 306 g/mol. The third kappa shape index (κ3) is 2.54. The first-order chi connectivity index (χ1) is 11.3. The van der Waals surface area contributed by atoms with Gasteiger partial charge in [0.25, 0.3) is 5.91 Å². The Kier molecular flexibility index (Phi) is 3.46. The summed E-state index contributed by atoms with van der Waals surface area (Å²) in [6.45, 7) is 1.67. The summed E-state index contributed by atoms with van der Waals surface area (Å²) in [6.07, 6.45) is 7.83. The number of para-hydroxylation sites is 1. The summed E-state index contributed by atoms with van der Waals surface area (Å²) >= 11 is 0. The van der Waals surface area contributed by atoms with Gasteiger partial charge >= 0.3 is 0 Å². The highest BCUT2D eigenvalue weighted by Gasteiger charge is 2.25. The van der Waals surface area contributed by atoms with Crippen LogP contribution in [-0.2, 0) is 0 Å². The average Bonchev–Trinajstić information content (AvgIpc) is 3.35. The predicted octanol–water partition coefficient (Wildman–Crippen LogP) is 2.90. The Hall–Kier alpha value is -2.82. The minimum Gasteiger partial charge on any atom is -0.338 e. The molecule has 0 atom stereocenters. The molecule has 1 amide bonds. The molecule has 1 fully saturated rings. The first-order valence-corrected chi connectivity index (χ1v) is 7.90. The van der Waals surface area contributed by atoms with E-state index in [1.807, 2.05) is 70.5 Å². The fraction of sp³-hybridized carbons (Fsp3) is 0.222. The van der Waals surface area contributed by atoms with E-state index in [-0.39, 0.29) is 5.91 Å². The van der Waals surface area contributed by atoms with Gasteiger partial charge in [0.15, 0.2) is 5.82 Å². The van der Waals surface area contributed by atoms with Crippen LogP contribution < -0.4 is 0 Å². The highest BCUT2D eigenvalue weighted by atomic mass is 16.2. The Morgan fingerprint density at radius 1 is 0.957 bits per heavy atom. The molecule has 23 heavy (non-hydrogen) atoms. The number of amides is 1. The molecular formula is C18H18N4O. The second-order valence-electron chi connectivity index (χ2n) is 5.74. The van der Waals surface area contributed by atoms with Crippen molar-refractivity contribution in [3.8, 4) is 11.5 Å². The number of hydrogen-bond donors (Lipinski definition) is 0. The van der Waals surface area contributed by atoms with Crippen molar-refractivity contribution in [2.75, 3.05) is 13.1 Å². The second-order valence-corrected chi connectivity index (χ2v) is 5.74. The highest BCUT2D eigenvalue weighted by Crippen LogP contribution is 2.20. The fourth-order valence-corrected chi connectivity index (χ4v) is 2.99. The number of benzene rings is 1. The second kappa shape index (κ2) is 5.76. The van der Waals surface area contributed by atoms with Crippen LogP contribution in [0.4, 0.5) is 0 Å². The number of carbonyl (C=O) groups excluding carboxylic acids is 1. The van der Waals surface area contributed by atoms with Crippen LogP contribution >= 0.6 is 0 Å². The van der Waals surface area contributed by atoms with Crippen molar-refractivity contribution in [2.45, 2.75) is 12.8 Å². The van der Waals surface area contributed by atoms with E-state index >= 15 is 0 Å². The van der Waals surface area contributed by atoms with Crippen LogP contribution in [0.25, 0.3) is 11.5 Å². The fourth-order valence-electron chi connectivity index (χ4n) is 2.99. The Labute approximate surface area is 134 Å². The minimum atomic E-state index is 0.0633. The standard InChI is InChI=1S/C18H18N4O/c23-18(21-12-6-7-13-21)16-14-22(15-8-2-1-3-9-15)19-17(16)20-10-4-5-11-20/h1-5,8-11,14H,6-7,12-13H2. The van der Waals surface area contributed by atoms with E-state index in [4.69, 9.17) is 0 Å². The van der Waals surface area contributed by atoms with Crippen molar-refractivity contribution in [3.05, 3.63) is 66.6 Å². The maximum Gasteiger partial charge on any atom is 0.259 e. The van der Waals surface area contributed by atoms with Crippen LogP contribution in [0.3, 0.4) is 0 Å². The van der Waals surface area contributed by atoms with Crippen LogP contribution in [0.5, 0.6) is 0 Å². The van der Waals surface area contributed by atoms with E-state index in [0.717, 1.165) is 31.6 Å². The van der Waals surface area contributed by atoms with Crippen molar-refractivity contribution in [3.63, 3.8) is 0 Å². The Bertz CT molecular complexity index is 799. The summed E-state index contributed by atoms with van der Waals surface area (Å²) in [4.78, 5) is 14.8. The summed E-state index contributed by atoms with van der Waals surface area (Å²) in [5.74, 6) is 0.740. The van der Waals surface area contributed by atoms with Crippen molar-refractivity contribution < 1.29 is 4.79 Å². The number of hydrogen-bond acceptors (Lipinski definition) is 2. The molecule has 0 N–H and O–H groups in total. The molecule has 3 aromatic rings. The van der Waals surface area contributed by atoms with E-state index in [9.17, 15) is 4.79 Å². The van der Waals surface area contributed by atoms with Gasteiger partial charge in [0.05, 0.1) is 5.69 Å². The van der Waals surface area contributed by atoms with Gasteiger partial charge in [-0.25, -0.2) is 4.68 Å². The summed E-state index contributed by atoms with van der Waals surface area (Å²) in [5.41, 5.74) is 1.59. The summed E-state index contributed by atoms with van der Waals surface area (Å²) in [6, 6.07) is 13.7. The molecule has 0 saturated carbocycles. The molecule has 1 aromatic carbocycles. The molecule has 5 nitrogen and oxygen atoms in total. The van der Waals surface area contributed by atoms with Crippen molar-refractivity contribution in [1.82, 2.24) is 19.2 Å². The molecular weight excluding hydrogens is 288 g/mol. The SMILES string of the molecule is O=C(c1cn(-c2ccccc2)nc1-n1cccc1)N1CCCC1. The molecule has 116 valence electrons. The van der Waals surface area contributed by atoms with Crippen LogP contribution in [0.2, 0.25) is 0 Å². The van der Waals surface area contributed by atoms with E-state index < -0.39 is 0 Å². The van der Waals surface area contributed by atoms with E-state index in [2.05, 4.69) is 5.10 Å². The number of carbonyl (C=O) groups is 1. The predicted molar refractivity (Wildman–Crippen MR) is 88.0 cm³/mol. The smallest absolute Gasteiger partial charge is 0.259 e. The molecule has 1 aliphatic heterocycles. The van der Waals surface area contributed by atoms with Crippen molar-refractivity contribution in [1.29, 1.82) is 0 Å². The molecule has 0 bridgehead atoms. The maximum atomic E-state index is 12.9. The van der Waals surface area contributed by atoms with E-state index in [1.54, 1.807) is 4.68 Å².